The minimum atomic E-state index is -0.685. The Bertz CT molecular complexity index is 6100. The maximum Gasteiger partial charge on any atom is 0.266 e. The summed E-state index contributed by atoms with van der Waals surface area (Å²) in [6.45, 7) is 18.4. The lowest BCUT2D eigenvalue weighted by molar-refractivity contribution is 0.590. The first-order chi connectivity index (χ1) is 48.4. The van der Waals surface area contributed by atoms with Crippen molar-refractivity contribution in [1.82, 2.24) is 27.4 Å². The molecule has 6 heterocycles. The van der Waals surface area contributed by atoms with Gasteiger partial charge in [-0.1, -0.05) is 135 Å². The van der Waals surface area contributed by atoms with Crippen LogP contribution in [0, 0.1) is 0 Å². The Morgan fingerprint density at radius 1 is 0.167 bits per heavy atom. The Morgan fingerprint density at radius 2 is 0.294 bits per heavy atom. The highest BCUT2D eigenvalue weighted by molar-refractivity contribution is 6.01. The average Bonchev–Trinajstić information content (AvgIpc) is 1.58. The summed E-state index contributed by atoms with van der Waals surface area (Å²) in [6.07, 6.45) is 0. The minimum absolute atomic E-state index is 0.00152. The van der Waals surface area contributed by atoms with Crippen molar-refractivity contribution in [2.24, 2.45) is 0 Å². The molecule has 0 N–H and O–H groups in total. The van der Waals surface area contributed by atoms with E-state index in [9.17, 15) is 57.5 Å². The Labute approximate surface area is 576 Å². The van der Waals surface area contributed by atoms with E-state index in [1.165, 1.54) is 36.4 Å². The van der Waals surface area contributed by atoms with Gasteiger partial charge in [-0.2, -0.15) is 0 Å². The Hall–Kier alpha value is -13.0. The van der Waals surface area contributed by atoms with Crippen LogP contribution in [0.2, 0.25) is 0 Å². The molecule has 0 spiro atoms. The van der Waals surface area contributed by atoms with Crippen LogP contribution in [0.25, 0.3) is 132 Å². The minimum Gasteiger partial charge on any atom is -0.268 e. The van der Waals surface area contributed by atoms with Crippen molar-refractivity contribution >= 4 is 64.6 Å². The van der Waals surface area contributed by atoms with Gasteiger partial charge in [0, 0.05) is 0 Å². The molecule has 0 saturated heterocycles. The third-order valence-corrected chi connectivity index (χ3v) is 20.0. The topological polar surface area (TPSA) is 234 Å². The number of rotatable bonds is 9. The lowest BCUT2D eigenvalue weighted by atomic mass is 9.87. The number of hydrogen-bond donors (Lipinski definition) is 0. The van der Waals surface area contributed by atoms with Crippen LogP contribution in [-0.2, 0) is 16.2 Å². The molecule has 102 heavy (non-hydrogen) atoms. The molecule has 0 atom stereocenters. The quantitative estimate of drug-likeness (QED) is 0.131. The van der Waals surface area contributed by atoms with E-state index in [1.54, 1.807) is 109 Å². The monoisotopic (exact) mass is 1340 g/mol. The summed E-state index contributed by atoms with van der Waals surface area (Å²) in [4.78, 5) is 169. The lowest BCUT2D eigenvalue weighted by Gasteiger charge is -2.19. The molecule has 0 unspecified atom stereocenters. The van der Waals surface area contributed by atoms with Crippen molar-refractivity contribution in [1.29, 1.82) is 0 Å². The van der Waals surface area contributed by atoms with Crippen molar-refractivity contribution in [3.05, 3.63) is 341 Å². The van der Waals surface area contributed by atoms with Crippen molar-refractivity contribution in [2.45, 2.75) is 78.6 Å². The molecule has 0 amide bonds. The Balaban J connectivity index is 0.764. The van der Waals surface area contributed by atoms with Crippen LogP contribution in [0.15, 0.2) is 258 Å². The zero-order valence-corrected chi connectivity index (χ0v) is 56.6. The number of fused-ring (bicyclic) bond motifs is 6. The SMILES string of the molecule is CC(C)(C)c1ccc(-n2c(=O)c3cc4c(=O)n(-c5ccc(-c6cc(-c7ccc(-n8c(=O)c9cc%10c(=O)n(-c%11ccc(C(C)(C)C)cc%11)c(=O)c%10cc9c8=O)cc7)cc(-c7ccc(-n8c(=O)c9cc%10c(=O)n(-c%11ccc(C(C)(C)C)cc%11)c(=O)c%10cc9c8=O)cc7)c6)cc5)c(=O)c4cc3c2=O)cc1. The third-order valence-electron chi connectivity index (χ3n) is 20.0. The van der Waals surface area contributed by atoms with Crippen LogP contribution in [0.1, 0.15) is 79.0 Å². The fraction of sp³-hybridized carbons (Fsp3) is 0.143. The largest absolute Gasteiger partial charge is 0.268 e. The predicted molar refractivity (Wildman–Crippen MR) is 402 cm³/mol. The van der Waals surface area contributed by atoms with E-state index in [0.29, 0.717) is 50.4 Å². The molecule has 6 aromatic heterocycles. The van der Waals surface area contributed by atoms with Gasteiger partial charge in [0.25, 0.3) is 66.7 Å². The van der Waals surface area contributed by atoms with E-state index < -0.39 is 66.7 Å². The summed E-state index contributed by atoms with van der Waals surface area (Å²) in [5, 5.41) is -0.171. The predicted octanol–water partition coefficient (Wildman–Crippen LogP) is 11.2. The molecule has 0 aliphatic carbocycles. The van der Waals surface area contributed by atoms with Crippen LogP contribution in [0.5, 0.6) is 0 Å². The summed E-state index contributed by atoms with van der Waals surface area (Å²) < 4.78 is 6.12. The highest BCUT2D eigenvalue weighted by Crippen LogP contribution is 2.35. The fourth-order valence-corrected chi connectivity index (χ4v) is 14.2. The van der Waals surface area contributed by atoms with Crippen molar-refractivity contribution < 1.29 is 0 Å². The van der Waals surface area contributed by atoms with Gasteiger partial charge in [-0.05, 0) is 194 Å². The molecule has 18 nitrogen and oxygen atoms in total. The molecule has 10 aromatic carbocycles. The second-order valence-electron chi connectivity index (χ2n) is 29.3. The number of aromatic nitrogens is 6. The van der Waals surface area contributed by atoms with E-state index in [0.717, 1.165) is 44.1 Å². The lowest BCUT2D eigenvalue weighted by Crippen LogP contribution is -2.24. The smallest absolute Gasteiger partial charge is 0.266 e. The Morgan fingerprint density at radius 3 is 0.422 bits per heavy atom. The molecule has 0 aliphatic rings. The highest BCUT2D eigenvalue weighted by atomic mass is 16.2. The molecular weight excluding hydrogens is 1280 g/mol. The van der Waals surface area contributed by atoms with Gasteiger partial charge in [-0.15, -0.1) is 0 Å². The number of benzene rings is 10. The van der Waals surface area contributed by atoms with Crippen LogP contribution >= 0.6 is 0 Å². The van der Waals surface area contributed by atoms with E-state index in [-0.39, 0.29) is 97.9 Å². The molecule has 0 bridgehead atoms. The Kier molecular flexibility index (Phi) is 13.9. The summed E-state index contributed by atoms with van der Waals surface area (Å²) in [6, 6.07) is 54.9. The molecule has 16 aromatic rings. The zero-order valence-electron chi connectivity index (χ0n) is 56.6. The molecule has 0 radical (unpaired) electrons. The molecule has 0 fully saturated rings. The summed E-state index contributed by atoms with van der Waals surface area (Å²) in [5.41, 5.74) is 0.175. The van der Waals surface area contributed by atoms with Crippen LogP contribution < -0.4 is 66.7 Å². The van der Waals surface area contributed by atoms with Crippen molar-refractivity contribution in [2.75, 3.05) is 0 Å². The molecular formula is C84H60N6O12. The van der Waals surface area contributed by atoms with E-state index in [4.69, 9.17) is 0 Å². The maximum atomic E-state index is 14.3. The van der Waals surface area contributed by atoms with E-state index in [2.05, 4.69) is 0 Å². The van der Waals surface area contributed by atoms with Gasteiger partial charge in [0.15, 0.2) is 0 Å². The zero-order chi connectivity index (χ0) is 71.8. The molecule has 16 rings (SSSR count). The second-order valence-corrected chi connectivity index (χ2v) is 29.3. The first kappa shape index (κ1) is 63.8. The molecule has 18 heteroatoms. The van der Waals surface area contributed by atoms with Gasteiger partial charge in [-0.25, -0.2) is 27.4 Å². The van der Waals surface area contributed by atoms with Gasteiger partial charge < -0.3 is 0 Å². The normalized spacial score (nSPS) is 12.4. The highest BCUT2D eigenvalue weighted by Gasteiger charge is 2.27. The first-order valence-electron chi connectivity index (χ1n) is 33.1. The summed E-state index contributed by atoms with van der Waals surface area (Å²) in [5.74, 6) is 0. The van der Waals surface area contributed by atoms with Gasteiger partial charge in [0.05, 0.1) is 98.8 Å². The number of hydrogen-bond acceptors (Lipinski definition) is 12. The maximum absolute atomic E-state index is 14.3. The van der Waals surface area contributed by atoms with Crippen molar-refractivity contribution in [3.8, 4) is 67.5 Å². The molecule has 0 saturated carbocycles. The summed E-state index contributed by atoms with van der Waals surface area (Å²) >= 11 is 0. The third kappa shape index (κ3) is 9.75. The summed E-state index contributed by atoms with van der Waals surface area (Å²) in [7, 11) is 0. The van der Waals surface area contributed by atoms with Gasteiger partial charge >= 0.3 is 0 Å². The van der Waals surface area contributed by atoms with Gasteiger partial charge in [0.1, 0.15) is 0 Å². The van der Waals surface area contributed by atoms with Crippen molar-refractivity contribution in [3.63, 3.8) is 0 Å². The molecule has 498 valence electrons. The first-order valence-corrected chi connectivity index (χ1v) is 33.1. The average molecular weight is 1350 g/mol. The van der Waals surface area contributed by atoms with Gasteiger partial charge in [-0.3, -0.25) is 57.5 Å². The number of nitrogens with zero attached hydrogens (tertiary/aromatic N) is 6. The van der Waals surface area contributed by atoms with Gasteiger partial charge in [0.2, 0.25) is 0 Å². The van der Waals surface area contributed by atoms with Crippen LogP contribution in [0.4, 0.5) is 0 Å². The van der Waals surface area contributed by atoms with E-state index in [1.807, 2.05) is 117 Å². The van der Waals surface area contributed by atoms with Crippen LogP contribution in [-0.4, -0.2) is 27.4 Å². The van der Waals surface area contributed by atoms with Crippen LogP contribution in [0.3, 0.4) is 0 Å². The van der Waals surface area contributed by atoms with E-state index >= 15 is 0 Å². The second kappa shape index (κ2) is 22.3. The molecule has 0 aliphatic heterocycles. The standard InChI is InChI=1S/C84H60N6O12/c1-82(2,3)49-16-28-55(29-17-49)88-76(97)64-37-58-59(38-65(64)77(88)98)71(92)85(70(58)91)52-22-10-43(11-23-52)46-34-47(44-12-24-53(25-13-44)86-72(93)60-39-66-67(40-61(60)73(86)94)79(100)89(78(66)99)56-30-18-50(19-31-56)83(4,5)6)36-48(35-46)45-14-26-54(27-15-45)87-74(95)62-41-68-69(42-63(62)75(87)96)81(102)90(80(68)101)57-32-20-51(21-33-57)84(7,8)9/h10-42H,1-9H3. The fourth-order valence-electron chi connectivity index (χ4n) is 14.2.